The van der Waals surface area contributed by atoms with Crippen LogP contribution in [0.1, 0.15) is 39.2 Å². The van der Waals surface area contributed by atoms with Gasteiger partial charge in [0.25, 0.3) is 0 Å². The Balaban J connectivity index is 2.32. The predicted octanol–water partition coefficient (Wildman–Crippen LogP) is 2.78. The molecule has 0 radical (unpaired) electrons. The van der Waals surface area contributed by atoms with Gasteiger partial charge in [0.15, 0.2) is 0 Å². The third kappa shape index (κ3) is 4.88. The van der Waals surface area contributed by atoms with Crippen LogP contribution in [0.15, 0.2) is 30.3 Å². The summed E-state index contributed by atoms with van der Waals surface area (Å²) in [5.74, 6) is 0. The molecule has 2 atom stereocenters. The fourth-order valence-electron chi connectivity index (χ4n) is 1.90. The summed E-state index contributed by atoms with van der Waals surface area (Å²) >= 11 is 0. The van der Waals surface area contributed by atoms with Crippen LogP contribution in [0.25, 0.3) is 0 Å². The second kappa shape index (κ2) is 6.18. The third-order valence-corrected chi connectivity index (χ3v) is 3.06. The maximum absolute atomic E-state index is 9.90. The van der Waals surface area contributed by atoms with E-state index in [1.165, 1.54) is 5.56 Å². The number of aliphatic hydroxyl groups excluding tert-OH is 2. The van der Waals surface area contributed by atoms with Gasteiger partial charge in [0.1, 0.15) is 0 Å². The number of hydrogen-bond acceptors (Lipinski definition) is 2. The van der Waals surface area contributed by atoms with E-state index >= 15 is 0 Å². The second-order valence-corrected chi connectivity index (χ2v) is 5.76. The van der Waals surface area contributed by atoms with E-state index in [1.807, 2.05) is 39.0 Å². The highest BCUT2D eigenvalue weighted by Gasteiger charge is 2.28. The van der Waals surface area contributed by atoms with E-state index in [1.54, 1.807) is 0 Å². The summed E-state index contributed by atoms with van der Waals surface area (Å²) in [5, 5.41) is 19.8. The quantitative estimate of drug-likeness (QED) is 0.825. The molecule has 0 aliphatic rings. The van der Waals surface area contributed by atoms with Gasteiger partial charge in [-0.1, -0.05) is 51.1 Å². The van der Waals surface area contributed by atoms with Crippen molar-refractivity contribution in [2.45, 2.75) is 52.2 Å². The summed E-state index contributed by atoms with van der Waals surface area (Å²) in [6.07, 6.45) is 1.22. The maximum atomic E-state index is 9.90. The molecule has 0 spiro atoms. The van der Waals surface area contributed by atoms with E-state index in [0.29, 0.717) is 6.42 Å². The average Bonchev–Trinajstić information content (AvgIpc) is 2.28. The van der Waals surface area contributed by atoms with Crippen molar-refractivity contribution in [1.82, 2.24) is 0 Å². The molecular formula is C15H24O2. The molecule has 0 aliphatic carbocycles. The van der Waals surface area contributed by atoms with Crippen molar-refractivity contribution in [3.63, 3.8) is 0 Å². The fraction of sp³-hybridized carbons (Fsp3) is 0.600. The van der Waals surface area contributed by atoms with Crippen LogP contribution in [-0.4, -0.2) is 22.4 Å². The van der Waals surface area contributed by atoms with Crippen LogP contribution in [0.3, 0.4) is 0 Å². The van der Waals surface area contributed by atoms with Crippen molar-refractivity contribution in [2.24, 2.45) is 5.41 Å². The monoisotopic (exact) mass is 236 g/mol. The van der Waals surface area contributed by atoms with E-state index in [9.17, 15) is 10.2 Å². The van der Waals surface area contributed by atoms with Gasteiger partial charge in [-0.2, -0.15) is 0 Å². The molecule has 2 nitrogen and oxygen atoms in total. The molecule has 0 bridgehead atoms. The van der Waals surface area contributed by atoms with Crippen LogP contribution in [0.2, 0.25) is 0 Å². The average molecular weight is 236 g/mol. The van der Waals surface area contributed by atoms with Gasteiger partial charge in [0.2, 0.25) is 0 Å². The number of benzene rings is 1. The van der Waals surface area contributed by atoms with Gasteiger partial charge in [0, 0.05) is 0 Å². The zero-order valence-corrected chi connectivity index (χ0v) is 11.1. The first kappa shape index (κ1) is 14.2. The molecule has 2 unspecified atom stereocenters. The normalized spacial score (nSPS) is 15.6. The minimum Gasteiger partial charge on any atom is -0.390 e. The highest BCUT2D eigenvalue weighted by molar-refractivity contribution is 5.14. The number of hydrogen-bond donors (Lipinski definition) is 2. The molecule has 0 saturated carbocycles. The Morgan fingerprint density at radius 3 is 2.18 bits per heavy atom. The van der Waals surface area contributed by atoms with Crippen LogP contribution in [0, 0.1) is 5.41 Å². The molecule has 1 aromatic rings. The van der Waals surface area contributed by atoms with Crippen molar-refractivity contribution >= 4 is 0 Å². The Morgan fingerprint density at radius 2 is 1.65 bits per heavy atom. The molecule has 0 aliphatic heterocycles. The molecule has 1 aromatic carbocycles. The van der Waals surface area contributed by atoms with E-state index in [4.69, 9.17) is 0 Å². The van der Waals surface area contributed by atoms with Gasteiger partial charge in [0.05, 0.1) is 12.2 Å². The largest absolute Gasteiger partial charge is 0.390 e. The van der Waals surface area contributed by atoms with E-state index in [2.05, 4.69) is 12.1 Å². The topological polar surface area (TPSA) is 40.5 Å². The zero-order valence-electron chi connectivity index (χ0n) is 11.1. The van der Waals surface area contributed by atoms with Gasteiger partial charge < -0.3 is 10.2 Å². The van der Waals surface area contributed by atoms with E-state index in [0.717, 1.165) is 12.8 Å². The van der Waals surface area contributed by atoms with Crippen LogP contribution in [0.4, 0.5) is 0 Å². The molecule has 2 N–H and O–H groups in total. The van der Waals surface area contributed by atoms with E-state index < -0.39 is 12.2 Å². The number of aryl methyl sites for hydroxylation is 1. The number of aliphatic hydroxyl groups is 2. The molecule has 96 valence electrons. The highest BCUT2D eigenvalue weighted by atomic mass is 16.3. The second-order valence-electron chi connectivity index (χ2n) is 5.76. The first-order valence-electron chi connectivity index (χ1n) is 6.31. The van der Waals surface area contributed by atoms with Crippen molar-refractivity contribution < 1.29 is 10.2 Å². The lowest BCUT2D eigenvalue weighted by Gasteiger charge is -2.30. The molecule has 0 saturated heterocycles. The van der Waals surface area contributed by atoms with Crippen molar-refractivity contribution in [3.8, 4) is 0 Å². The standard InChI is InChI=1S/C15H24O2/c1-15(2,3)14(17)13(16)11-7-10-12-8-5-4-6-9-12/h4-6,8-9,13-14,16-17H,7,10-11H2,1-3H3. The molecule has 0 heterocycles. The van der Waals surface area contributed by atoms with Crippen LogP contribution < -0.4 is 0 Å². The molecule has 2 heteroatoms. The lowest BCUT2D eigenvalue weighted by molar-refractivity contribution is -0.0479. The van der Waals surface area contributed by atoms with Crippen LogP contribution in [-0.2, 0) is 6.42 Å². The molecule has 0 fully saturated rings. The smallest absolute Gasteiger partial charge is 0.0847 e. The summed E-state index contributed by atoms with van der Waals surface area (Å²) in [6.45, 7) is 5.83. The van der Waals surface area contributed by atoms with Crippen molar-refractivity contribution in [2.75, 3.05) is 0 Å². The van der Waals surface area contributed by atoms with Gasteiger partial charge in [-0.3, -0.25) is 0 Å². The van der Waals surface area contributed by atoms with E-state index in [-0.39, 0.29) is 5.41 Å². The first-order valence-corrected chi connectivity index (χ1v) is 6.31. The van der Waals surface area contributed by atoms with Gasteiger partial charge >= 0.3 is 0 Å². The molecule has 0 amide bonds. The summed E-state index contributed by atoms with van der Waals surface area (Å²) in [6, 6.07) is 10.2. The molecule has 0 aromatic heterocycles. The Morgan fingerprint density at radius 1 is 1.06 bits per heavy atom. The van der Waals surface area contributed by atoms with Gasteiger partial charge in [-0.25, -0.2) is 0 Å². The number of rotatable bonds is 5. The molecular weight excluding hydrogens is 212 g/mol. The van der Waals surface area contributed by atoms with Crippen molar-refractivity contribution in [1.29, 1.82) is 0 Å². The van der Waals surface area contributed by atoms with Crippen molar-refractivity contribution in [3.05, 3.63) is 35.9 Å². The predicted molar refractivity (Wildman–Crippen MR) is 70.8 cm³/mol. The zero-order chi connectivity index (χ0) is 12.9. The minimum atomic E-state index is -0.654. The summed E-state index contributed by atoms with van der Waals surface area (Å²) < 4.78 is 0. The van der Waals surface area contributed by atoms with Gasteiger partial charge in [-0.15, -0.1) is 0 Å². The lowest BCUT2D eigenvalue weighted by atomic mass is 9.84. The Labute approximate surface area is 104 Å². The summed E-state index contributed by atoms with van der Waals surface area (Å²) in [4.78, 5) is 0. The summed E-state index contributed by atoms with van der Waals surface area (Å²) in [7, 11) is 0. The summed E-state index contributed by atoms with van der Waals surface area (Å²) in [5.41, 5.74) is 1.02. The lowest BCUT2D eigenvalue weighted by Crippen LogP contribution is -2.37. The molecule has 17 heavy (non-hydrogen) atoms. The Kier molecular flexibility index (Phi) is 5.16. The Bertz CT molecular complexity index is 313. The minimum absolute atomic E-state index is 0.258. The fourth-order valence-corrected chi connectivity index (χ4v) is 1.90. The molecule has 1 rings (SSSR count). The SMILES string of the molecule is CC(C)(C)C(O)C(O)CCCc1ccccc1. The van der Waals surface area contributed by atoms with Crippen LogP contribution >= 0.6 is 0 Å². The maximum Gasteiger partial charge on any atom is 0.0847 e. The third-order valence-electron chi connectivity index (χ3n) is 3.06. The van der Waals surface area contributed by atoms with Crippen LogP contribution in [0.5, 0.6) is 0 Å². The first-order chi connectivity index (χ1) is 7.91. The van der Waals surface area contributed by atoms with Gasteiger partial charge in [-0.05, 0) is 30.2 Å². The Hall–Kier alpha value is -0.860. The highest BCUT2D eigenvalue weighted by Crippen LogP contribution is 2.23.